The summed E-state index contributed by atoms with van der Waals surface area (Å²) in [6, 6.07) is 1.74. The third kappa shape index (κ3) is 4.49. The molecule has 2 fully saturated rings. The summed E-state index contributed by atoms with van der Waals surface area (Å²) < 4.78 is 22.3. The van der Waals surface area contributed by atoms with Crippen LogP contribution in [0.1, 0.15) is 30.8 Å². The van der Waals surface area contributed by atoms with Crippen molar-refractivity contribution in [3.05, 3.63) is 23.8 Å². The molecule has 1 aliphatic heterocycles. The van der Waals surface area contributed by atoms with Crippen molar-refractivity contribution >= 4 is 0 Å². The lowest BCUT2D eigenvalue weighted by atomic mass is 9.68. The second kappa shape index (κ2) is 8.82. The van der Waals surface area contributed by atoms with Crippen LogP contribution < -0.4 is 0 Å². The molecule has 1 saturated carbocycles. The molecule has 7 nitrogen and oxygen atoms in total. The van der Waals surface area contributed by atoms with E-state index >= 15 is 0 Å². The molecular weight excluding hydrogens is 312 g/mol. The van der Waals surface area contributed by atoms with E-state index in [1.54, 1.807) is 12.3 Å². The van der Waals surface area contributed by atoms with Gasteiger partial charge in [-0.15, -0.1) is 0 Å². The van der Waals surface area contributed by atoms with Crippen LogP contribution in [0.5, 0.6) is 0 Å². The Morgan fingerprint density at radius 2 is 2.12 bits per heavy atom. The van der Waals surface area contributed by atoms with Gasteiger partial charge in [0.25, 0.3) is 0 Å². The molecule has 0 radical (unpaired) electrons. The molecule has 0 aromatic carbocycles. The van der Waals surface area contributed by atoms with Gasteiger partial charge in [0, 0.05) is 6.20 Å². The number of aliphatic hydroxyl groups is 1. The van der Waals surface area contributed by atoms with Crippen LogP contribution in [0.15, 0.2) is 12.3 Å². The average molecular weight is 338 g/mol. The first kappa shape index (κ1) is 17.7. The molecule has 1 aliphatic carbocycles. The number of nitrogens with zero attached hydrogens (tertiary/aromatic N) is 2. The first-order valence-corrected chi connectivity index (χ1v) is 8.60. The maximum Gasteiger partial charge on any atom is 0.137 e. The van der Waals surface area contributed by atoms with Gasteiger partial charge in [0.15, 0.2) is 0 Å². The summed E-state index contributed by atoms with van der Waals surface area (Å²) in [6.45, 7) is 4.05. The van der Waals surface area contributed by atoms with Crippen molar-refractivity contribution in [3.8, 4) is 0 Å². The zero-order valence-corrected chi connectivity index (χ0v) is 14.0. The van der Waals surface area contributed by atoms with Crippen molar-refractivity contribution in [2.45, 2.75) is 37.4 Å². The second-order valence-corrected chi connectivity index (χ2v) is 6.36. The van der Waals surface area contributed by atoms with Gasteiger partial charge in [-0.2, -0.15) is 0 Å². The van der Waals surface area contributed by atoms with E-state index in [4.69, 9.17) is 18.9 Å². The maximum absolute atomic E-state index is 9.24. The molecule has 1 N–H and O–H groups in total. The van der Waals surface area contributed by atoms with Gasteiger partial charge < -0.3 is 24.1 Å². The van der Waals surface area contributed by atoms with E-state index in [9.17, 15) is 5.11 Å². The Labute approximate surface area is 142 Å². The zero-order chi connectivity index (χ0) is 16.7. The summed E-state index contributed by atoms with van der Waals surface area (Å²) in [5.41, 5.74) is 0.551. The van der Waals surface area contributed by atoms with Crippen LogP contribution in [0.4, 0.5) is 0 Å². The fourth-order valence-electron chi connectivity index (χ4n) is 3.01. The molecule has 3 rings (SSSR count). The summed E-state index contributed by atoms with van der Waals surface area (Å²) in [5.74, 6) is 0.786. The minimum atomic E-state index is -0.106. The summed E-state index contributed by atoms with van der Waals surface area (Å²) in [6.07, 6.45) is 4.95. The van der Waals surface area contributed by atoms with Crippen LogP contribution in [0.2, 0.25) is 0 Å². The third-order valence-corrected chi connectivity index (χ3v) is 4.60. The highest BCUT2D eigenvalue weighted by Crippen LogP contribution is 2.42. The van der Waals surface area contributed by atoms with Crippen molar-refractivity contribution < 1.29 is 24.1 Å². The van der Waals surface area contributed by atoms with E-state index in [0.717, 1.165) is 25.1 Å². The van der Waals surface area contributed by atoms with Gasteiger partial charge in [-0.25, -0.2) is 9.97 Å². The lowest BCUT2D eigenvalue weighted by Gasteiger charge is -2.40. The van der Waals surface area contributed by atoms with Crippen molar-refractivity contribution in [3.63, 3.8) is 0 Å². The SMILES string of the molecule is OCc1ccnc(C2(COCCOCC3COCCO3)CCC2)n1. The topological polar surface area (TPSA) is 82.9 Å². The van der Waals surface area contributed by atoms with Gasteiger partial charge in [0.1, 0.15) is 11.9 Å². The molecule has 24 heavy (non-hydrogen) atoms. The molecule has 1 unspecified atom stereocenters. The molecule has 2 heterocycles. The first-order chi connectivity index (χ1) is 11.8. The van der Waals surface area contributed by atoms with Crippen LogP contribution in [0, 0.1) is 0 Å². The Bertz CT molecular complexity index is 504. The summed E-state index contributed by atoms with van der Waals surface area (Å²) >= 11 is 0. The molecule has 7 heteroatoms. The lowest BCUT2D eigenvalue weighted by Crippen LogP contribution is -2.41. The Morgan fingerprint density at radius 3 is 2.83 bits per heavy atom. The lowest BCUT2D eigenvalue weighted by molar-refractivity contribution is -0.119. The van der Waals surface area contributed by atoms with Crippen molar-refractivity contribution in [2.24, 2.45) is 0 Å². The molecule has 1 atom stereocenters. The maximum atomic E-state index is 9.24. The number of aromatic nitrogens is 2. The number of hydrogen-bond donors (Lipinski definition) is 1. The largest absolute Gasteiger partial charge is 0.390 e. The molecular formula is C17H26N2O5. The number of ether oxygens (including phenoxy) is 4. The fourth-order valence-corrected chi connectivity index (χ4v) is 3.01. The van der Waals surface area contributed by atoms with Crippen LogP contribution in [-0.2, 0) is 31.0 Å². The van der Waals surface area contributed by atoms with E-state index in [-0.39, 0.29) is 18.1 Å². The van der Waals surface area contributed by atoms with Crippen LogP contribution in [-0.4, -0.2) is 67.4 Å². The minimum Gasteiger partial charge on any atom is -0.390 e. The smallest absolute Gasteiger partial charge is 0.137 e. The highest BCUT2D eigenvalue weighted by Gasteiger charge is 2.41. The first-order valence-electron chi connectivity index (χ1n) is 8.60. The average Bonchev–Trinajstić information content (AvgIpc) is 2.60. The predicted octanol–water partition coefficient (Wildman–Crippen LogP) is 0.839. The van der Waals surface area contributed by atoms with Crippen molar-refractivity contribution in [1.82, 2.24) is 9.97 Å². The van der Waals surface area contributed by atoms with Crippen LogP contribution >= 0.6 is 0 Å². The van der Waals surface area contributed by atoms with Crippen molar-refractivity contribution in [2.75, 3.05) is 46.2 Å². The standard InChI is InChI=1S/C17H26N2O5/c20-10-14-2-5-18-16(19-14)17(3-1-4-17)13-23-7-6-21-11-15-12-22-8-9-24-15/h2,5,15,20H,1,3-4,6-13H2. The zero-order valence-electron chi connectivity index (χ0n) is 14.0. The summed E-state index contributed by atoms with van der Waals surface area (Å²) in [5, 5.41) is 9.24. The number of hydrogen-bond acceptors (Lipinski definition) is 7. The Hall–Kier alpha value is -1.12. The third-order valence-electron chi connectivity index (χ3n) is 4.60. The molecule has 1 saturated heterocycles. The van der Waals surface area contributed by atoms with Crippen molar-refractivity contribution in [1.29, 1.82) is 0 Å². The Kier molecular flexibility index (Phi) is 6.51. The monoisotopic (exact) mass is 338 g/mol. The van der Waals surface area contributed by atoms with E-state index in [1.165, 1.54) is 0 Å². The normalized spacial score (nSPS) is 23.0. The minimum absolute atomic E-state index is 0.0337. The molecule has 1 aromatic heterocycles. The quantitative estimate of drug-likeness (QED) is 0.668. The Morgan fingerprint density at radius 1 is 1.25 bits per heavy atom. The highest BCUT2D eigenvalue weighted by molar-refractivity contribution is 5.15. The van der Waals surface area contributed by atoms with Gasteiger partial charge in [0.2, 0.25) is 0 Å². The molecule has 0 amide bonds. The molecule has 0 spiro atoms. The van der Waals surface area contributed by atoms with Crippen LogP contribution in [0.25, 0.3) is 0 Å². The summed E-state index contributed by atoms with van der Waals surface area (Å²) in [7, 11) is 0. The molecule has 1 aromatic rings. The highest BCUT2D eigenvalue weighted by atomic mass is 16.6. The molecule has 2 aliphatic rings. The van der Waals surface area contributed by atoms with Gasteiger partial charge in [0.05, 0.1) is 64.0 Å². The molecule has 134 valence electrons. The Balaban J connectivity index is 1.38. The van der Waals surface area contributed by atoms with Crippen LogP contribution in [0.3, 0.4) is 0 Å². The number of rotatable bonds is 9. The van der Waals surface area contributed by atoms with Gasteiger partial charge >= 0.3 is 0 Å². The van der Waals surface area contributed by atoms with E-state index in [1.807, 2.05) is 0 Å². The van der Waals surface area contributed by atoms with Gasteiger partial charge in [-0.05, 0) is 18.9 Å². The van der Waals surface area contributed by atoms with Gasteiger partial charge in [-0.3, -0.25) is 0 Å². The predicted molar refractivity (Wildman–Crippen MR) is 85.7 cm³/mol. The second-order valence-electron chi connectivity index (χ2n) is 6.36. The summed E-state index contributed by atoms with van der Waals surface area (Å²) in [4.78, 5) is 8.85. The van der Waals surface area contributed by atoms with E-state index in [2.05, 4.69) is 9.97 Å². The van der Waals surface area contributed by atoms with E-state index in [0.29, 0.717) is 51.9 Å². The molecule has 0 bridgehead atoms. The fraction of sp³-hybridized carbons (Fsp3) is 0.765. The van der Waals surface area contributed by atoms with E-state index < -0.39 is 0 Å². The van der Waals surface area contributed by atoms with Gasteiger partial charge in [-0.1, -0.05) is 6.42 Å². The number of aliphatic hydroxyl groups excluding tert-OH is 1.